The molecule has 1 fully saturated rings. The Kier molecular flexibility index (Phi) is 5.73. The fourth-order valence-electron chi connectivity index (χ4n) is 2.43. The zero-order valence-corrected chi connectivity index (χ0v) is 11.0. The fraction of sp³-hybridized carbons (Fsp3) is 1.00. The van der Waals surface area contributed by atoms with Gasteiger partial charge in [0.15, 0.2) is 0 Å². The minimum Gasteiger partial charge on any atom is -0.389 e. The van der Waals surface area contributed by atoms with Gasteiger partial charge in [-0.3, -0.25) is 0 Å². The highest BCUT2D eigenvalue weighted by molar-refractivity contribution is 4.87. The lowest BCUT2D eigenvalue weighted by Crippen LogP contribution is -2.47. The Morgan fingerprint density at radius 3 is 2.62 bits per heavy atom. The Hall–Kier alpha value is -0.120. The van der Waals surface area contributed by atoms with Crippen LogP contribution >= 0.6 is 0 Å². The van der Waals surface area contributed by atoms with Crippen molar-refractivity contribution in [2.24, 2.45) is 5.92 Å². The van der Waals surface area contributed by atoms with E-state index in [0.717, 1.165) is 13.2 Å². The third-order valence-corrected chi connectivity index (χ3v) is 3.62. The van der Waals surface area contributed by atoms with Crippen LogP contribution in [0.5, 0.6) is 0 Å². The van der Waals surface area contributed by atoms with E-state index in [1.165, 1.54) is 25.7 Å². The molecule has 2 atom stereocenters. The van der Waals surface area contributed by atoms with Crippen LogP contribution in [0.15, 0.2) is 0 Å². The first-order valence-corrected chi connectivity index (χ1v) is 6.59. The number of aliphatic hydroxyl groups is 1. The molecular formula is C13H27NO2. The zero-order chi connectivity index (χ0) is 12.0. The average Bonchev–Trinajstić information content (AvgIpc) is 2.77. The topological polar surface area (TPSA) is 41.5 Å². The molecule has 3 heteroatoms. The summed E-state index contributed by atoms with van der Waals surface area (Å²) in [6, 6.07) is 0.313. The molecule has 1 aliphatic rings. The van der Waals surface area contributed by atoms with Gasteiger partial charge in [0.2, 0.25) is 0 Å². The van der Waals surface area contributed by atoms with Crippen molar-refractivity contribution in [3.63, 3.8) is 0 Å². The molecular weight excluding hydrogens is 202 g/mol. The summed E-state index contributed by atoms with van der Waals surface area (Å²) in [6.45, 7) is 8.21. The summed E-state index contributed by atoms with van der Waals surface area (Å²) in [6.07, 6.45) is 4.90. The maximum absolute atomic E-state index is 10.4. The van der Waals surface area contributed by atoms with Crippen molar-refractivity contribution in [2.75, 3.05) is 19.8 Å². The summed E-state index contributed by atoms with van der Waals surface area (Å²) in [5.74, 6) is 0.472. The minimum atomic E-state index is -0.559. The molecule has 0 spiro atoms. The van der Waals surface area contributed by atoms with Gasteiger partial charge < -0.3 is 15.2 Å². The second-order valence-corrected chi connectivity index (χ2v) is 5.28. The molecule has 1 rings (SSSR count). The molecule has 16 heavy (non-hydrogen) atoms. The second-order valence-electron chi connectivity index (χ2n) is 5.28. The van der Waals surface area contributed by atoms with E-state index in [1.807, 2.05) is 13.8 Å². The third-order valence-electron chi connectivity index (χ3n) is 3.62. The minimum absolute atomic E-state index is 0.313. The molecule has 0 radical (unpaired) electrons. The number of rotatable bonds is 7. The van der Waals surface area contributed by atoms with E-state index in [4.69, 9.17) is 4.74 Å². The predicted octanol–water partition coefficient (Wildman–Crippen LogP) is 1.94. The Balaban J connectivity index is 2.23. The average molecular weight is 229 g/mol. The van der Waals surface area contributed by atoms with Gasteiger partial charge in [-0.1, -0.05) is 12.8 Å². The summed E-state index contributed by atoms with van der Waals surface area (Å²) in [5.41, 5.74) is -0.559. The SMILES string of the molecule is CCOCC(C)NCC(C)(O)C1CCCC1. The Labute approximate surface area is 99.6 Å². The summed E-state index contributed by atoms with van der Waals surface area (Å²) >= 11 is 0. The fourth-order valence-corrected chi connectivity index (χ4v) is 2.43. The highest BCUT2D eigenvalue weighted by atomic mass is 16.5. The molecule has 0 saturated heterocycles. The summed E-state index contributed by atoms with van der Waals surface area (Å²) in [5, 5.41) is 13.7. The largest absolute Gasteiger partial charge is 0.389 e. The van der Waals surface area contributed by atoms with Crippen molar-refractivity contribution < 1.29 is 9.84 Å². The normalized spacial score (nSPS) is 23.2. The van der Waals surface area contributed by atoms with Gasteiger partial charge in [-0.25, -0.2) is 0 Å². The maximum atomic E-state index is 10.4. The Morgan fingerprint density at radius 2 is 2.06 bits per heavy atom. The zero-order valence-electron chi connectivity index (χ0n) is 11.0. The van der Waals surface area contributed by atoms with Crippen LogP contribution in [0.1, 0.15) is 46.5 Å². The van der Waals surface area contributed by atoms with Gasteiger partial charge in [-0.05, 0) is 39.5 Å². The Morgan fingerprint density at radius 1 is 1.44 bits per heavy atom. The molecule has 0 bridgehead atoms. The number of hydrogen-bond acceptors (Lipinski definition) is 3. The van der Waals surface area contributed by atoms with Gasteiger partial charge in [-0.15, -0.1) is 0 Å². The quantitative estimate of drug-likeness (QED) is 0.701. The molecule has 0 heterocycles. The first kappa shape index (κ1) is 13.9. The lowest BCUT2D eigenvalue weighted by atomic mass is 9.87. The lowest BCUT2D eigenvalue weighted by Gasteiger charge is -2.31. The predicted molar refractivity (Wildman–Crippen MR) is 66.5 cm³/mol. The van der Waals surface area contributed by atoms with E-state index in [9.17, 15) is 5.11 Å². The summed E-state index contributed by atoms with van der Waals surface area (Å²) in [4.78, 5) is 0. The van der Waals surface area contributed by atoms with Crippen molar-refractivity contribution in [1.82, 2.24) is 5.32 Å². The highest BCUT2D eigenvalue weighted by Crippen LogP contribution is 2.33. The van der Waals surface area contributed by atoms with Gasteiger partial charge in [-0.2, -0.15) is 0 Å². The first-order chi connectivity index (χ1) is 7.56. The molecule has 0 aliphatic heterocycles. The van der Waals surface area contributed by atoms with E-state index in [-0.39, 0.29) is 0 Å². The van der Waals surface area contributed by atoms with Crippen molar-refractivity contribution in [1.29, 1.82) is 0 Å². The third kappa shape index (κ3) is 4.40. The molecule has 1 aliphatic carbocycles. The molecule has 0 aromatic rings. The van der Waals surface area contributed by atoms with Crippen LogP contribution < -0.4 is 5.32 Å². The number of hydrogen-bond donors (Lipinski definition) is 2. The molecule has 2 unspecified atom stereocenters. The van der Waals surface area contributed by atoms with E-state index in [0.29, 0.717) is 18.5 Å². The molecule has 96 valence electrons. The molecule has 0 amide bonds. The van der Waals surface area contributed by atoms with Gasteiger partial charge in [0.1, 0.15) is 0 Å². The van der Waals surface area contributed by atoms with Gasteiger partial charge >= 0.3 is 0 Å². The highest BCUT2D eigenvalue weighted by Gasteiger charge is 2.33. The molecule has 3 nitrogen and oxygen atoms in total. The Bertz CT molecular complexity index is 188. The van der Waals surface area contributed by atoms with Crippen molar-refractivity contribution in [3.05, 3.63) is 0 Å². The smallest absolute Gasteiger partial charge is 0.0771 e. The summed E-state index contributed by atoms with van der Waals surface area (Å²) in [7, 11) is 0. The van der Waals surface area contributed by atoms with Crippen molar-refractivity contribution in [2.45, 2.75) is 58.1 Å². The maximum Gasteiger partial charge on any atom is 0.0771 e. The van der Waals surface area contributed by atoms with Gasteiger partial charge in [0, 0.05) is 19.2 Å². The first-order valence-electron chi connectivity index (χ1n) is 6.59. The second kappa shape index (κ2) is 6.58. The number of nitrogens with one attached hydrogen (secondary N) is 1. The van der Waals surface area contributed by atoms with E-state index in [1.54, 1.807) is 0 Å². The van der Waals surface area contributed by atoms with E-state index >= 15 is 0 Å². The molecule has 0 aromatic heterocycles. The van der Waals surface area contributed by atoms with Crippen LogP contribution in [0.2, 0.25) is 0 Å². The molecule has 2 N–H and O–H groups in total. The van der Waals surface area contributed by atoms with Crippen molar-refractivity contribution in [3.8, 4) is 0 Å². The monoisotopic (exact) mass is 229 g/mol. The van der Waals surface area contributed by atoms with E-state index < -0.39 is 5.60 Å². The van der Waals surface area contributed by atoms with Crippen LogP contribution in [0.3, 0.4) is 0 Å². The van der Waals surface area contributed by atoms with Crippen LogP contribution in [-0.4, -0.2) is 36.5 Å². The standard InChI is InChI=1S/C13H27NO2/c1-4-16-9-11(2)14-10-13(3,15)12-7-5-6-8-12/h11-12,14-15H,4-10H2,1-3H3. The molecule has 0 aromatic carbocycles. The van der Waals surface area contributed by atoms with Crippen molar-refractivity contribution >= 4 is 0 Å². The number of ether oxygens (including phenoxy) is 1. The van der Waals surface area contributed by atoms with Crippen LogP contribution in [0.4, 0.5) is 0 Å². The van der Waals surface area contributed by atoms with E-state index in [2.05, 4.69) is 12.2 Å². The van der Waals surface area contributed by atoms with Gasteiger partial charge in [0.05, 0.1) is 12.2 Å². The van der Waals surface area contributed by atoms with Crippen LogP contribution in [0.25, 0.3) is 0 Å². The van der Waals surface area contributed by atoms with Crippen LogP contribution in [-0.2, 0) is 4.74 Å². The summed E-state index contributed by atoms with van der Waals surface area (Å²) < 4.78 is 5.34. The molecule has 1 saturated carbocycles. The lowest BCUT2D eigenvalue weighted by molar-refractivity contribution is -0.00230. The van der Waals surface area contributed by atoms with Crippen LogP contribution in [0, 0.1) is 5.92 Å². The van der Waals surface area contributed by atoms with Gasteiger partial charge in [0.25, 0.3) is 0 Å².